The van der Waals surface area contributed by atoms with Crippen LogP contribution in [0.1, 0.15) is 5.56 Å². The summed E-state index contributed by atoms with van der Waals surface area (Å²) in [4.78, 5) is 16.9. The number of alkyl halides is 3. The number of hydroxylamine groups is 1. The lowest BCUT2D eigenvalue weighted by Gasteiger charge is -2.26. The number of halogens is 5. The van der Waals surface area contributed by atoms with Crippen molar-refractivity contribution in [2.75, 3.05) is 5.32 Å². The van der Waals surface area contributed by atoms with Crippen LogP contribution in [0.3, 0.4) is 0 Å². The highest BCUT2D eigenvalue weighted by Crippen LogP contribution is 2.32. The number of rotatable bonds is 6. The minimum absolute atomic E-state index is 0.0766. The van der Waals surface area contributed by atoms with Crippen LogP contribution in [-0.4, -0.2) is 15.9 Å². The molecule has 0 fully saturated rings. The zero-order valence-corrected chi connectivity index (χ0v) is 16.4. The first kappa shape index (κ1) is 20.4. The number of anilines is 1. The summed E-state index contributed by atoms with van der Waals surface area (Å²) in [7, 11) is 0. The molecule has 1 atom stereocenters. The summed E-state index contributed by atoms with van der Waals surface area (Å²) < 4.78 is -1.81. The molecule has 0 aliphatic rings. The number of carbonyl (C=O) groups excluding carboxylic acids is 1. The Hall–Kier alpha value is -0.880. The van der Waals surface area contributed by atoms with Gasteiger partial charge in [-0.15, -0.1) is 5.48 Å². The molecule has 0 radical (unpaired) electrons. The van der Waals surface area contributed by atoms with Crippen molar-refractivity contribution in [3.05, 3.63) is 64.1 Å². The number of nitrogens with one attached hydrogen (secondary N) is 2. The molecule has 2 aromatic carbocycles. The predicted octanol–water partition coefficient (Wildman–Crippen LogP) is 5.39. The van der Waals surface area contributed by atoms with E-state index in [2.05, 4.69) is 10.8 Å². The average molecular weight is 443 g/mol. The van der Waals surface area contributed by atoms with E-state index in [1.54, 1.807) is 18.2 Å². The van der Waals surface area contributed by atoms with Gasteiger partial charge in [-0.3, -0.25) is 4.79 Å². The molecule has 0 aliphatic heterocycles. The quantitative estimate of drug-likeness (QED) is 0.358. The zero-order chi connectivity index (χ0) is 18.4. The van der Waals surface area contributed by atoms with E-state index in [1.165, 1.54) is 0 Å². The number of hydrogen-bond acceptors (Lipinski definition) is 4. The van der Waals surface area contributed by atoms with Gasteiger partial charge in [0, 0.05) is 5.69 Å². The highest BCUT2D eigenvalue weighted by molar-refractivity contribution is 6.68. The molecule has 0 heterocycles. The first-order valence-electron chi connectivity index (χ1n) is 7.03. The molecule has 2 rings (SSSR count). The van der Waals surface area contributed by atoms with E-state index in [1.807, 2.05) is 30.3 Å². The molecule has 0 aromatic heterocycles. The van der Waals surface area contributed by atoms with Crippen LogP contribution >= 0.6 is 58.0 Å². The first-order chi connectivity index (χ1) is 11.8. The lowest BCUT2D eigenvalue weighted by atomic mass is 10.2. The Labute approximate surface area is 170 Å². The number of benzene rings is 2. The van der Waals surface area contributed by atoms with E-state index in [0.717, 1.165) is 5.56 Å². The fourth-order valence-corrected chi connectivity index (χ4v) is 2.45. The molecular formula is C16H13Cl5N2O2. The zero-order valence-electron chi connectivity index (χ0n) is 12.6. The summed E-state index contributed by atoms with van der Waals surface area (Å²) in [5.74, 6) is -0.526. The van der Waals surface area contributed by atoms with Gasteiger partial charge in [0.05, 0.1) is 16.5 Å². The molecule has 134 valence electrons. The van der Waals surface area contributed by atoms with E-state index in [4.69, 9.17) is 62.8 Å². The third-order valence-corrected chi connectivity index (χ3v) is 4.43. The van der Waals surface area contributed by atoms with E-state index >= 15 is 0 Å². The average Bonchev–Trinajstić information content (AvgIpc) is 2.54. The largest absolute Gasteiger partial charge is 0.368 e. The standard InChI is InChI=1S/C16H13Cl5N2O2/c17-12-7-6-11(9-13(12)18)22-15(16(19,20)21)23-25-14(24)8-10-4-2-1-3-5-10/h1-7,9,15,22-23H,8H2/t15-/m0/s1. The van der Waals surface area contributed by atoms with Crippen LogP contribution in [0.15, 0.2) is 48.5 Å². The van der Waals surface area contributed by atoms with Gasteiger partial charge in [0.1, 0.15) is 0 Å². The predicted molar refractivity (Wildman–Crippen MR) is 104 cm³/mol. The van der Waals surface area contributed by atoms with Crippen molar-refractivity contribution in [3.63, 3.8) is 0 Å². The number of hydrogen-bond donors (Lipinski definition) is 2. The van der Waals surface area contributed by atoms with Crippen molar-refractivity contribution >= 4 is 69.7 Å². The Morgan fingerprint density at radius 1 is 1.04 bits per heavy atom. The SMILES string of the molecule is O=C(Cc1ccccc1)ON[C@H](Nc1ccc(Cl)c(Cl)c1)C(Cl)(Cl)Cl. The van der Waals surface area contributed by atoms with Crippen molar-refractivity contribution in [3.8, 4) is 0 Å². The van der Waals surface area contributed by atoms with E-state index in [9.17, 15) is 4.79 Å². The highest BCUT2D eigenvalue weighted by atomic mass is 35.6. The van der Waals surface area contributed by atoms with Gasteiger partial charge in [0.2, 0.25) is 3.79 Å². The normalized spacial score (nSPS) is 12.5. The minimum Gasteiger partial charge on any atom is -0.368 e. The van der Waals surface area contributed by atoms with Crippen LogP contribution in [-0.2, 0) is 16.1 Å². The first-order valence-corrected chi connectivity index (χ1v) is 8.92. The maximum absolute atomic E-state index is 11.9. The molecule has 25 heavy (non-hydrogen) atoms. The lowest BCUT2D eigenvalue weighted by molar-refractivity contribution is -0.151. The van der Waals surface area contributed by atoms with Crippen LogP contribution in [0.4, 0.5) is 5.69 Å². The molecule has 9 heteroatoms. The summed E-state index contributed by atoms with van der Waals surface area (Å²) in [6, 6.07) is 13.9. The molecular weight excluding hydrogens is 429 g/mol. The van der Waals surface area contributed by atoms with Gasteiger partial charge < -0.3 is 10.2 Å². The fourth-order valence-electron chi connectivity index (χ4n) is 1.85. The Balaban J connectivity index is 1.98. The van der Waals surface area contributed by atoms with Crippen molar-refractivity contribution in [2.45, 2.75) is 16.4 Å². The Morgan fingerprint density at radius 3 is 2.32 bits per heavy atom. The second-order valence-electron chi connectivity index (χ2n) is 5.00. The lowest BCUT2D eigenvalue weighted by Crippen LogP contribution is -2.47. The topological polar surface area (TPSA) is 50.4 Å². The second-order valence-corrected chi connectivity index (χ2v) is 8.19. The molecule has 0 spiro atoms. The third-order valence-electron chi connectivity index (χ3n) is 3.04. The Bertz CT molecular complexity index is 722. The van der Waals surface area contributed by atoms with Crippen molar-refractivity contribution in [1.82, 2.24) is 5.48 Å². The third kappa shape index (κ3) is 6.74. The van der Waals surface area contributed by atoms with Crippen LogP contribution in [0, 0.1) is 0 Å². The van der Waals surface area contributed by atoms with E-state index in [0.29, 0.717) is 15.7 Å². The second kappa shape index (κ2) is 9.17. The van der Waals surface area contributed by atoms with Crippen molar-refractivity contribution in [1.29, 1.82) is 0 Å². The van der Waals surface area contributed by atoms with Crippen LogP contribution in [0.5, 0.6) is 0 Å². The molecule has 0 aliphatic carbocycles. The van der Waals surface area contributed by atoms with E-state index in [-0.39, 0.29) is 6.42 Å². The molecule has 4 nitrogen and oxygen atoms in total. The Morgan fingerprint density at radius 2 is 1.72 bits per heavy atom. The van der Waals surface area contributed by atoms with Gasteiger partial charge in [-0.25, -0.2) is 0 Å². The van der Waals surface area contributed by atoms with Gasteiger partial charge >= 0.3 is 5.97 Å². The van der Waals surface area contributed by atoms with E-state index < -0.39 is 15.9 Å². The van der Waals surface area contributed by atoms with Gasteiger partial charge in [0.15, 0.2) is 6.17 Å². The molecule has 0 unspecified atom stereocenters. The minimum atomic E-state index is -1.81. The molecule has 0 amide bonds. The molecule has 2 aromatic rings. The van der Waals surface area contributed by atoms with Crippen LogP contribution < -0.4 is 10.8 Å². The molecule has 2 N–H and O–H groups in total. The van der Waals surface area contributed by atoms with Gasteiger partial charge in [-0.2, -0.15) is 0 Å². The maximum atomic E-state index is 11.9. The van der Waals surface area contributed by atoms with Crippen molar-refractivity contribution in [2.24, 2.45) is 0 Å². The summed E-state index contributed by atoms with van der Waals surface area (Å²) in [5.41, 5.74) is 3.76. The summed E-state index contributed by atoms with van der Waals surface area (Å²) >= 11 is 29.6. The van der Waals surface area contributed by atoms with Gasteiger partial charge in [0.25, 0.3) is 0 Å². The summed E-state index contributed by atoms with van der Waals surface area (Å²) in [6.45, 7) is 0. The summed E-state index contributed by atoms with van der Waals surface area (Å²) in [6.07, 6.45) is -0.942. The van der Waals surface area contributed by atoms with Crippen LogP contribution in [0.2, 0.25) is 10.0 Å². The number of carbonyl (C=O) groups is 1. The highest BCUT2D eigenvalue weighted by Gasteiger charge is 2.34. The van der Waals surface area contributed by atoms with Crippen LogP contribution in [0.25, 0.3) is 0 Å². The smallest absolute Gasteiger partial charge is 0.329 e. The summed E-state index contributed by atoms with van der Waals surface area (Å²) in [5, 5.41) is 3.60. The van der Waals surface area contributed by atoms with Gasteiger partial charge in [-0.05, 0) is 23.8 Å². The van der Waals surface area contributed by atoms with Crippen molar-refractivity contribution < 1.29 is 9.63 Å². The molecule has 0 saturated heterocycles. The Kier molecular flexibility index (Phi) is 7.50. The molecule has 0 saturated carbocycles. The maximum Gasteiger partial charge on any atom is 0.329 e. The fraction of sp³-hybridized carbons (Fsp3) is 0.188. The van der Waals surface area contributed by atoms with Gasteiger partial charge in [-0.1, -0.05) is 88.3 Å². The molecule has 0 bridgehead atoms. The monoisotopic (exact) mass is 440 g/mol.